The fourth-order valence-corrected chi connectivity index (χ4v) is 2.81. The maximum Gasteiger partial charge on any atom is 0.224 e. The van der Waals surface area contributed by atoms with Crippen LogP contribution in [-0.2, 0) is 6.42 Å². The van der Waals surface area contributed by atoms with Gasteiger partial charge in [0.25, 0.3) is 0 Å². The number of rotatable bonds is 6. The molecule has 118 valence electrons. The quantitative estimate of drug-likeness (QED) is 0.652. The van der Waals surface area contributed by atoms with Gasteiger partial charge in [-0.1, -0.05) is 18.2 Å². The number of fused-ring (bicyclic) bond motifs is 1. The van der Waals surface area contributed by atoms with Gasteiger partial charge in [-0.15, -0.1) is 0 Å². The highest BCUT2D eigenvalue weighted by molar-refractivity contribution is 5.83. The molecule has 1 aromatic carbocycles. The summed E-state index contributed by atoms with van der Waals surface area (Å²) in [7, 11) is 0. The van der Waals surface area contributed by atoms with Crippen molar-refractivity contribution in [2.45, 2.75) is 32.2 Å². The predicted molar refractivity (Wildman–Crippen MR) is 93.9 cm³/mol. The van der Waals surface area contributed by atoms with Crippen LogP contribution in [0.4, 0.5) is 11.8 Å². The van der Waals surface area contributed by atoms with Crippen LogP contribution in [0.2, 0.25) is 0 Å². The molecule has 0 spiro atoms. The number of hydrogen-bond donors (Lipinski definition) is 3. The standard InChI is InChI=1S/C18H21N5/c1-12-10-17(22-14-6-7-14)23-18(21-12)19-9-8-13-11-20-16-5-3-2-4-15(13)16/h2-5,10-11,14,20H,6-9H2,1H3,(H2,19,21,22,23). The molecule has 1 saturated carbocycles. The molecule has 0 bridgehead atoms. The van der Waals surface area contributed by atoms with E-state index in [1.165, 1.54) is 29.3 Å². The second-order valence-corrected chi connectivity index (χ2v) is 6.17. The molecule has 23 heavy (non-hydrogen) atoms. The number of aromatic amines is 1. The van der Waals surface area contributed by atoms with Gasteiger partial charge in [0.2, 0.25) is 5.95 Å². The van der Waals surface area contributed by atoms with Crippen molar-refractivity contribution in [3.05, 3.63) is 47.8 Å². The number of nitrogens with zero attached hydrogens (tertiary/aromatic N) is 2. The van der Waals surface area contributed by atoms with E-state index in [1.54, 1.807) is 0 Å². The Bertz CT molecular complexity index is 819. The minimum Gasteiger partial charge on any atom is -0.367 e. The number of para-hydroxylation sites is 1. The molecule has 5 heteroatoms. The highest BCUT2D eigenvalue weighted by Crippen LogP contribution is 2.24. The van der Waals surface area contributed by atoms with Gasteiger partial charge < -0.3 is 15.6 Å². The van der Waals surface area contributed by atoms with Gasteiger partial charge in [-0.25, -0.2) is 4.98 Å². The van der Waals surface area contributed by atoms with Gasteiger partial charge in [0.05, 0.1) is 0 Å². The van der Waals surface area contributed by atoms with Crippen molar-refractivity contribution in [1.82, 2.24) is 15.0 Å². The van der Waals surface area contributed by atoms with Crippen molar-refractivity contribution in [3.8, 4) is 0 Å². The van der Waals surface area contributed by atoms with E-state index < -0.39 is 0 Å². The number of anilines is 2. The summed E-state index contributed by atoms with van der Waals surface area (Å²) in [6, 6.07) is 11.0. The largest absolute Gasteiger partial charge is 0.367 e. The lowest BCUT2D eigenvalue weighted by molar-refractivity contribution is 0.974. The lowest BCUT2D eigenvalue weighted by Crippen LogP contribution is -2.11. The first-order valence-corrected chi connectivity index (χ1v) is 8.19. The van der Waals surface area contributed by atoms with Crippen LogP contribution < -0.4 is 10.6 Å². The molecule has 5 nitrogen and oxygen atoms in total. The maximum absolute atomic E-state index is 4.55. The van der Waals surface area contributed by atoms with Crippen LogP contribution in [0.5, 0.6) is 0 Å². The van der Waals surface area contributed by atoms with E-state index in [9.17, 15) is 0 Å². The summed E-state index contributed by atoms with van der Waals surface area (Å²) in [5, 5.41) is 8.06. The Morgan fingerprint density at radius 2 is 2.09 bits per heavy atom. The van der Waals surface area contributed by atoms with Crippen molar-refractivity contribution < 1.29 is 0 Å². The number of H-pyrrole nitrogens is 1. The van der Waals surface area contributed by atoms with Crippen LogP contribution in [-0.4, -0.2) is 27.5 Å². The third kappa shape index (κ3) is 3.28. The Morgan fingerprint density at radius 1 is 1.22 bits per heavy atom. The van der Waals surface area contributed by atoms with Crippen LogP contribution in [0.3, 0.4) is 0 Å². The van der Waals surface area contributed by atoms with Gasteiger partial charge in [0.1, 0.15) is 5.82 Å². The number of nitrogens with one attached hydrogen (secondary N) is 3. The average molecular weight is 307 g/mol. The van der Waals surface area contributed by atoms with Gasteiger partial charge in [-0.05, 0) is 37.8 Å². The molecule has 3 N–H and O–H groups in total. The zero-order chi connectivity index (χ0) is 15.6. The number of hydrogen-bond acceptors (Lipinski definition) is 4. The molecule has 0 amide bonds. The van der Waals surface area contributed by atoms with Crippen LogP contribution in [0.1, 0.15) is 24.1 Å². The van der Waals surface area contributed by atoms with E-state index in [0.717, 1.165) is 24.5 Å². The summed E-state index contributed by atoms with van der Waals surface area (Å²) >= 11 is 0. The second-order valence-electron chi connectivity index (χ2n) is 6.17. The minimum atomic E-state index is 0.600. The molecule has 0 unspecified atom stereocenters. The topological polar surface area (TPSA) is 65.6 Å². The fraction of sp³-hybridized carbons (Fsp3) is 0.333. The van der Waals surface area contributed by atoms with Gasteiger partial charge in [0, 0.05) is 41.4 Å². The lowest BCUT2D eigenvalue weighted by Gasteiger charge is -2.09. The highest BCUT2D eigenvalue weighted by atomic mass is 15.2. The summed E-state index contributed by atoms with van der Waals surface area (Å²) < 4.78 is 0. The summed E-state index contributed by atoms with van der Waals surface area (Å²) in [5.41, 5.74) is 3.49. The van der Waals surface area contributed by atoms with Crippen LogP contribution >= 0.6 is 0 Å². The minimum absolute atomic E-state index is 0.600. The van der Waals surface area contributed by atoms with Gasteiger partial charge in [-0.3, -0.25) is 0 Å². The normalized spacial score (nSPS) is 14.1. The molecule has 2 heterocycles. The van der Waals surface area contributed by atoms with E-state index in [4.69, 9.17) is 0 Å². The SMILES string of the molecule is Cc1cc(NC2CC2)nc(NCCc2c[nH]c3ccccc23)n1. The summed E-state index contributed by atoms with van der Waals surface area (Å²) in [5.74, 6) is 1.63. The van der Waals surface area contributed by atoms with Crippen molar-refractivity contribution in [1.29, 1.82) is 0 Å². The highest BCUT2D eigenvalue weighted by Gasteiger charge is 2.21. The van der Waals surface area contributed by atoms with Crippen molar-refractivity contribution in [2.75, 3.05) is 17.2 Å². The molecule has 0 atom stereocenters. The zero-order valence-corrected chi connectivity index (χ0v) is 13.3. The van der Waals surface area contributed by atoms with Crippen molar-refractivity contribution >= 4 is 22.7 Å². The lowest BCUT2D eigenvalue weighted by atomic mass is 10.1. The Labute approximate surface area is 135 Å². The van der Waals surface area contributed by atoms with Crippen LogP contribution in [0.15, 0.2) is 36.5 Å². The summed E-state index contributed by atoms with van der Waals surface area (Å²) in [6.45, 7) is 2.82. The molecule has 0 saturated heterocycles. The molecule has 0 aliphatic heterocycles. The first kappa shape index (κ1) is 14.1. The Morgan fingerprint density at radius 3 is 2.96 bits per heavy atom. The van der Waals surface area contributed by atoms with Crippen LogP contribution in [0, 0.1) is 6.92 Å². The van der Waals surface area contributed by atoms with Crippen LogP contribution in [0.25, 0.3) is 10.9 Å². The summed E-state index contributed by atoms with van der Waals surface area (Å²) in [4.78, 5) is 12.3. The summed E-state index contributed by atoms with van der Waals surface area (Å²) in [6.07, 6.45) is 5.51. The molecule has 4 rings (SSSR count). The molecule has 0 radical (unpaired) electrons. The predicted octanol–water partition coefficient (Wildman–Crippen LogP) is 3.50. The van der Waals surface area contributed by atoms with Gasteiger partial charge in [0.15, 0.2) is 0 Å². The van der Waals surface area contributed by atoms with E-state index >= 15 is 0 Å². The molecule has 2 aromatic heterocycles. The number of aromatic nitrogens is 3. The van der Waals surface area contributed by atoms with Gasteiger partial charge >= 0.3 is 0 Å². The van der Waals surface area contributed by atoms with E-state index in [1.807, 2.05) is 13.0 Å². The van der Waals surface area contributed by atoms with E-state index in [0.29, 0.717) is 12.0 Å². The number of aryl methyl sites for hydroxylation is 1. The Balaban J connectivity index is 1.41. The Hall–Kier alpha value is -2.56. The average Bonchev–Trinajstić information content (AvgIpc) is 3.25. The first-order valence-electron chi connectivity index (χ1n) is 8.19. The molecule has 3 aromatic rings. The van der Waals surface area contributed by atoms with E-state index in [2.05, 4.69) is 56.0 Å². The molecule has 1 aliphatic carbocycles. The first-order chi connectivity index (χ1) is 11.3. The third-order valence-electron chi connectivity index (χ3n) is 4.14. The number of benzene rings is 1. The fourth-order valence-electron chi connectivity index (χ4n) is 2.81. The molecular weight excluding hydrogens is 286 g/mol. The van der Waals surface area contributed by atoms with Crippen molar-refractivity contribution in [2.24, 2.45) is 0 Å². The molecular formula is C18H21N5. The molecule has 1 aliphatic rings. The maximum atomic E-state index is 4.55. The third-order valence-corrected chi connectivity index (χ3v) is 4.14. The van der Waals surface area contributed by atoms with Gasteiger partial charge in [-0.2, -0.15) is 4.98 Å². The Kier molecular flexibility index (Phi) is 3.61. The zero-order valence-electron chi connectivity index (χ0n) is 13.3. The second kappa shape index (κ2) is 5.91. The molecule has 1 fully saturated rings. The van der Waals surface area contributed by atoms with Crippen molar-refractivity contribution in [3.63, 3.8) is 0 Å². The smallest absolute Gasteiger partial charge is 0.224 e. The monoisotopic (exact) mass is 307 g/mol. The van der Waals surface area contributed by atoms with E-state index in [-0.39, 0.29) is 0 Å².